The Labute approximate surface area is 187 Å². The molecular formula is C22H33FN4O5. The van der Waals surface area contributed by atoms with E-state index in [2.05, 4.69) is 10.6 Å². The molecule has 1 aromatic carbocycles. The average Bonchev–Trinajstić information content (AvgIpc) is 2.62. The molecule has 0 aromatic heterocycles. The van der Waals surface area contributed by atoms with Crippen LogP contribution in [0.1, 0.15) is 46.6 Å². The fraction of sp³-hybridized carbons (Fsp3) is 0.591. The first-order valence-electron chi connectivity index (χ1n) is 10.5. The third-order valence-corrected chi connectivity index (χ3v) is 4.90. The van der Waals surface area contributed by atoms with E-state index in [0.717, 1.165) is 0 Å². The number of carbonyl (C=O) groups excluding carboxylic acids is 3. The number of nitrogens with one attached hydrogen (secondary N) is 2. The summed E-state index contributed by atoms with van der Waals surface area (Å²) in [5, 5.41) is 16.1. The maximum atomic E-state index is 13.5. The lowest BCUT2D eigenvalue weighted by atomic mass is 9.85. The van der Waals surface area contributed by atoms with Crippen LogP contribution in [0.3, 0.4) is 0 Å². The zero-order valence-corrected chi connectivity index (χ0v) is 19.2. The molecule has 0 unspecified atom stereocenters. The standard InChI is InChI=1S/C22H33FN4O5/c1-13(2)9-15(12-27(31)32)20(29)26-18(22(3,4)5)21(30)25-17(19(24)28)11-14-7-6-8-16(23)10-14/h6-8,10,13,15,17-18H,9,11-12H2,1-5H3,(H2,24,28)(H,25,30)(H,26,29)/t15-,17+,18-/m1/s1. The monoisotopic (exact) mass is 452 g/mol. The Kier molecular flexibility index (Phi) is 9.74. The van der Waals surface area contributed by atoms with E-state index in [9.17, 15) is 28.9 Å². The van der Waals surface area contributed by atoms with Gasteiger partial charge >= 0.3 is 0 Å². The number of hydrogen-bond donors (Lipinski definition) is 3. The van der Waals surface area contributed by atoms with E-state index in [1.807, 2.05) is 13.8 Å². The Morgan fingerprint density at radius 2 is 1.78 bits per heavy atom. The van der Waals surface area contributed by atoms with Gasteiger partial charge in [0.1, 0.15) is 23.8 Å². The topological polar surface area (TPSA) is 144 Å². The molecule has 10 heteroatoms. The van der Waals surface area contributed by atoms with Gasteiger partial charge in [0.05, 0.1) is 0 Å². The van der Waals surface area contributed by atoms with Crippen LogP contribution < -0.4 is 16.4 Å². The number of carbonyl (C=O) groups is 3. The Morgan fingerprint density at radius 3 is 2.25 bits per heavy atom. The summed E-state index contributed by atoms with van der Waals surface area (Å²) in [4.78, 5) is 48.2. The normalized spacial score (nSPS) is 14.3. The number of primary amides is 1. The summed E-state index contributed by atoms with van der Waals surface area (Å²) < 4.78 is 13.5. The van der Waals surface area contributed by atoms with Crippen LogP contribution in [0, 0.1) is 33.2 Å². The van der Waals surface area contributed by atoms with Crippen LogP contribution in [0.2, 0.25) is 0 Å². The third kappa shape index (κ3) is 8.99. The van der Waals surface area contributed by atoms with Crippen LogP contribution in [0.25, 0.3) is 0 Å². The predicted molar refractivity (Wildman–Crippen MR) is 117 cm³/mol. The van der Waals surface area contributed by atoms with Crippen molar-refractivity contribution in [1.29, 1.82) is 0 Å². The van der Waals surface area contributed by atoms with Crippen molar-refractivity contribution in [3.05, 3.63) is 45.8 Å². The highest BCUT2D eigenvalue weighted by atomic mass is 19.1. The van der Waals surface area contributed by atoms with E-state index in [-0.39, 0.29) is 18.8 Å². The van der Waals surface area contributed by atoms with Crippen LogP contribution in [-0.4, -0.2) is 41.3 Å². The minimum absolute atomic E-state index is 0.0268. The van der Waals surface area contributed by atoms with Crippen molar-refractivity contribution in [2.45, 2.75) is 59.5 Å². The predicted octanol–water partition coefficient (Wildman–Crippen LogP) is 1.81. The second kappa shape index (κ2) is 11.5. The van der Waals surface area contributed by atoms with Gasteiger partial charge < -0.3 is 16.4 Å². The largest absolute Gasteiger partial charge is 0.368 e. The molecule has 3 amide bonds. The molecule has 0 radical (unpaired) electrons. The molecule has 0 aliphatic rings. The molecule has 0 aliphatic carbocycles. The molecule has 0 saturated carbocycles. The summed E-state index contributed by atoms with van der Waals surface area (Å²) in [6.07, 6.45) is 0.260. The molecule has 9 nitrogen and oxygen atoms in total. The lowest BCUT2D eigenvalue weighted by Gasteiger charge is -2.32. The second-order valence-electron chi connectivity index (χ2n) is 9.45. The summed E-state index contributed by atoms with van der Waals surface area (Å²) in [6, 6.07) is 3.36. The zero-order chi connectivity index (χ0) is 24.6. The molecule has 32 heavy (non-hydrogen) atoms. The van der Waals surface area contributed by atoms with E-state index >= 15 is 0 Å². The minimum atomic E-state index is -1.13. The number of benzene rings is 1. The van der Waals surface area contributed by atoms with Gasteiger partial charge in [-0.1, -0.05) is 46.8 Å². The smallest absolute Gasteiger partial charge is 0.243 e. The van der Waals surface area contributed by atoms with Crippen molar-refractivity contribution in [1.82, 2.24) is 10.6 Å². The van der Waals surface area contributed by atoms with Gasteiger partial charge in [-0.25, -0.2) is 4.39 Å². The molecule has 0 saturated heterocycles. The van der Waals surface area contributed by atoms with Crippen LogP contribution in [0.5, 0.6) is 0 Å². The maximum absolute atomic E-state index is 13.5. The fourth-order valence-electron chi connectivity index (χ4n) is 3.33. The Morgan fingerprint density at radius 1 is 1.16 bits per heavy atom. The van der Waals surface area contributed by atoms with E-state index in [4.69, 9.17) is 5.73 Å². The van der Waals surface area contributed by atoms with Crippen LogP contribution in [0.15, 0.2) is 24.3 Å². The summed E-state index contributed by atoms with van der Waals surface area (Å²) in [5.74, 6) is -3.42. The first kappa shape index (κ1) is 27.0. The van der Waals surface area contributed by atoms with E-state index in [0.29, 0.717) is 5.56 Å². The quantitative estimate of drug-likeness (QED) is 0.346. The van der Waals surface area contributed by atoms with Gasteiger partial charge in [0.25, 0.3) is 0 Å². The maximum Gasteiger partial charge on any atom is 0.243 e. The number of nitrogens with two attached hydrogens (primary N) is 1. The molecule has 0 fully saturated rings. The van der Waals surface area contributed by atoms with Crippen molar-refractivity contribution < 1.29 is 23.7 Å². The number of nitro groups is 1. The number of nitrogens with zero attached hydrogens (tertiary/aromatic N) is 1. The van der Waals surface area contributed by atoms with Gasteiger partial charge in [0.15, 0.2) is 0 Å². The van der Waals surface area contributed by atoms with Crippen molar-refractivity contribution in [3.63, 3.8) is 0 Å². The highest BCUT2D eigenvalue weighted by Gasteiger charge is 2.37. The minimum Gasteiger partial charge on any atom is -0.368 e. The number of rotatable bonds is 11. The van der Waals surface area contributed by atoms with Crippen LogP contribution in [0.4, 0.5) is 4.39 Å². The van der Waals surface area contributed by atoms with Crippen molar-refractivity contribution in [3.8, 4) is 0 Å². The van der Waals surface area contributed by atoms with Crippen LogP contribution >= 0.6 is 0 Å². The second-order valence-corrected chi connectivity index (χ2v) is 9.45. The van der Waals surface area contributed by atoms with Gasteiger partial charge in [0, 0.05) is 11.3 Å². The fourth-order valence-corrected chi connectivity index (χ4v) is 3.33. The third-order valence-electron chi connectivity index (χ3n) is 4.90. The molecule has 178 valence electrons. The van der Waals surface area contributed by atoms with Gasteiger partial charge in [-0.3, -0.25) is 24.5 Å². The van der Waals surface area contributed by atoms with E-state index in [1.165, 1.54) is 18.2 Å². The first-order valence-corrected chi connectivity index (χ1v) is 10.5. The summed E-state index contributed by atoms with van der Waals surface area (Å²) >= 11 is 0. The Bertz CT molecular complexity index is 838. The number of halogens is 1. The average molecular weight is 453 g/mol. The SMILES string of the molecule is CC(C)C[C@H](C[N+](=O)[O-])C(=O)N[C@H](C(=O)N[C@@H](Cc1cccc(F)c1)C(N)=O)C(C)(C)C. The molecule has 1 aromatic rings. The lowest BCUT2D eigenvalue weighted by molar-refractivity contribution is -0.486. The van der Waals surface area contributed by atoms with Gasteiger partial charge in [0.2, 0.25) is 24.3 Å². The van der Waals surface area contributed by atoms with Gasteiger partial charge in [-0.05, 0) is 35.4 Å². The van der Waals surface area contributed by atoms with Crippen LogP contribution in [-0.2, 0) is 20.8 Å². The zero-order valence-electron chi connectivity index (χ0n) is 19.2. The summed E-state index contributed by atoms with van der Waals surface area (Å²) in [7, 11) is 0. The molecule has 3 atom stereocenters. The summed E-state index contributed by atoms with van der Waals surface area (Å²) in [6.45, 7) is 8.29. The lowest BCUT2D eigenvalue weighted by Crippen LogP contribution is -2.58. The van der Waals surface area contributed by atoms with E-state index in [1.54, 1.807) is 26.8 Å². The van der Waals surface area contributed by atoms with E-state index < -0.39 is 58.4 Å². The molecule has 4 N–H and O–H groups in total. The highest BCUT2D eigenvalue weighted by molar-refractivity contribution is 5.92. The van der Waals surface area contributed by atoms with Crippen molar-refractivity contribution >= 4 is 17.7 Å². The number of amides is 3. The molecule has 0 heterocycles. The molecular weight excluding hydrogens is 419 g/mol. The molecule has 0 bridgehead atoms. The van der Waals surface area contributed by atoms with Crippen molar-refractivity contribution in [2.24, 2.45) is 23.0 Å². The highest BCUT2D eigenvalue weighted by Crippen LogP contribution is 2.21. The van der Waals surface area contributed by atoms with Gasteiger partial charge in [-0.2, -0.15) is 0 Å². The summed E-state index contributed by atoms with van der Waals surface area (Å²) in [5.41, 5.74) is 5.13. The molecule has 0 spiro atoms. The Balaban J connectivity index is 3.03. The first-order chi connectivity index (χ1) is 14.7. The van der Waals surface area contributed by atoms with Gasteiger partial charge in [-0.15, -0.1) is 0 Å². The Hall–Kier alpha value is -3.04. The number of hydrogen-bond acceptors (Lipinski definition) is 5. The van der Waals surface area contributed by atoms with Crippen molar-refractivity contribution in [2.75, 3.05) is 6.54 Å². The molecule has 0 aliphatic heterocycles. The molecule has 1 rings (SSSR count).